The van der Waals surface area contributed by atoms with Crippen molar-refractivity contribution in [2.75, 3.05) is 6.54 Å². The normalized spacial score (nSPS) is 17.6. The SMILES string of the molecule is O=C(c1ccccc1OC(F)(F)C(F)F)N1CCC[C@H]1c1ccccn1. The number of hydrogen-bond donors (Lipinski definition) is 0. The zero-order chi connectivity index (χ0) is 18.7. The van der Waals surface area contributed by atoms with Crippen LogP contribution in [0.5, 0.6) is 5.75 Å². The first-order valence-electron chi connectivity index (χ1n) is 8.06. The lowest BCUT2D eigenvalue weighted by Crippen LogP contribution is -2.35. The van der Waals surface area contributed by atoms with Gasteiger partial charge in [0.25, 0.3) is 5.91 Å². The predicted octanol–water partition coefficient (Wildman–Crippen LogP) is 4.30. The standard InChI is InChI=1S/C18H16F4N2O2/c19-17(20)18(21,22)26-15-9-2-1-6-12(15)16(25)24-11-5-8-14(24)13-7-3-4-10-23-13/h1-4,6-7,9-10,14,17H,5,8,11H2/t14-/m0/s1. The van der Waals surface area contributed by atoms with Crippen LogP contribution in [-0.2, 0) is 0 Å². The van der Waals surface area contributed by atoms with Gasteiger partial charge in [0.05, 0.1) is 17.3 Å². The molecule has 0 aliphatic carbocycles. The lowest BCUT2D eigenvalue weighted by atomic mass is 10.1. The average molecular weight is 368 g/mol. The minimum Gasteiger partial charge on any atom is -0.427 e. The van der Waals surface area contributed by atoms with Gasteiger partial charge in [0.2, 0.25) is 0 Å². The first kappa shape index (κ1) is 18.2. The van der Waals surface area contributed by atoms with Crippen LogP contribution < -0.4 is 4.74 Å². The fourth-order valence-corrected chi connectivity index (χ4v) is 2.97. The van der Waals surface area contributed by atoms with Gasteiger partial charge >= 0.3 is 12.5 Å². The molecule has 0 saturated carbocycles. The zero-order valence-electron chi connectivity index (χ0n) is 13.6. The molecule has 1 amide bonds. The van der Waals surface area contributed by atoms with E-state index < -0.39 is 24.2 Å². The minimum absolute atomic E-state index is 0.185. The van der Waals surface area contributed by atoms with Gasteiger partial charge in [0.15, 0.2) is 0 Å². The Morgan fingerprint density at radius 1 is 1.19 bits per heavy atom. The Morgan fingerprint density at radius 2 is 1.92 bits per heavy atom. The lowest BCUT2D eigenvalue weighted by Gasteiger charge is -2.26. The van der Waals surface area contributed by atoms with E-state index in [1.165, 1.54) is 23.1 Å². The van der Waals surface area contributed by atoms with Crippen LogP contribution in [0.2, 0.25) is 0 Å². The quantitative estimate of drug-likeness (QED) is 0.739. The molecule has 138 valence electrons. The van der Waals surface area contributed by atoms with Gasteiger partial charge in [0.1, 0.15) is 5.75 Å². The van der Waals surface area contributed by atoms with Gasteiger partial charge in [-0.25, -0.2) is 0 Å². The summed E-state index contributed by atoms with van der Waals surface area (Å²) in [5.41, 5.74) is 0.505. The minimum atomic E-state index is -4.68. The van der Waals surface area contributed by atoms with Crippen molar-refractivity contribution in [1.29, 1.82) is 0 Å². The van der Waals surface area contributed by atoms with Gasteiger partial charge in [-0.2, -0.15) is 17.6 Å². The van der Waals surface area contributed by atoms with Crippen molar-refractivity contribution >= 4 is 5.91 Å². The number of aromatic nitrogens is 1. The van der Waals surface area contributed by atoms with Gasteiger partial charge in [-0.3, -0.25) is 9.78 Å². The number of halogens is 4. The summed E-state index contributed by atoms with van der Waals surface area (Å²) in [6, 6.07) is 10.2. The smallest absolute Gasteiger partial charge is 0.427 e. The molecule has 2 aromatic rings. The molecule has 3 rings (SSSR count). The molecule has 1 saturated heterocycles. The van der Waals surface area contributed by atoms with Crippen molar-refractivity contribution in [1.82, 2.24) is 9.88 Å². The summed E-state index contributed by atoms with van der Waals surface area (Å²) in [4.78, 5) is 18.6. The fourth-order valence-electron chi connectivity index (χ4n) is 2.97. The predicted molar refractivity (Wildman–Crippen MR) is 85.3 cm³/mol. The van der Waals surface area contributed by atoms with E-state index >= 15 is 0 Å². The molecule has 1 aromatic carbocycles. The highest BCUT2D eigenvalue weighted by Crippen LogP contribution is 2.35. The number of amides is 1. The van der Waals surface area contributed by atoms with Crippen LogP contribution in [0.4, 0.5) is 17.6 Å². The number of nitrogens with zero attached hydrogens (tertiary/aromatic N) is 2. The number of para-hydroxylation sites is 1. The Balaban J connectivity index is 1.88. The zero-order valence-corrected chi connectivity index (χ0v) is 13.6. The van der Waals surface area contributed by atoms with E-state index in [0.29, 0.717) is 18.7 Å². The van der Waals surface area contributed by atoms with Crippen LogP contribution in [0.25, 0.3) is 0 Å². The molecule has 26 heavy (non-hydrogen) atoms. The summed E-state index contributed by atoms with van der Waals surface area (Å²) in [5, 5.41) is 0. The first-order valence-corrected chi connectivity index (χ1v) is 8.06. The average Bonchev–Trinajstić information content (AvgIpc) is 3.11. The van der Waals surface area contributed by atoms with E-state index in [9.17, 15) is 22.4 Å². The highest BCUT2D eigenvalue weighted by Gasteiger charge is 2.45. The van der Waals surface area contributed by atoms with Gasteiger partial charge in [-0.15, -0.1) is 0 Å². The summed E-state index contributed by atoms with van der Waals surface area (Å²) in [5.74, 6) is -1.13. The van der Waals surface area contributed by atoms with Crippen molar-refractivity contribution in [3.63, 3.8) is 0 Å². The third-order valence-corrected chi connectivity index (χ3v) is 4.16. The molecule has 1 aliphatic rings. The largest absolute Gasteiger partial charge is 0.461 e. The van der Waals surface area contributed by atoms with E-state index in [1.807, 2.05) is 0 Å². The molecule has 0 unspecified atom stereocenters. The molecule has 0 N–H and O–H groups in total. The van der Waals surface area contributed by atoms with E-state index in [4.69, 9.17) is 0 Å². The van der Waals surface area contributed by atoms with Gasteiger partial charge in [0, 0.05) is 12.7 Å². The molecule has 1 atom stereocenters. The number of pyridine rings is 1. The molecular weight excluding hydrogens is 352 g/mol. The molecule has 1 fully saturated rings. The summed E-state index contributed by atoms with van der Waals surface area (Å²) in [7, 11) is 0. The maximum atomic E-state index is 13.3. The van der Waals surface area contributed by atoms with Gasteiger partial charge in [-0.1, -0.05) is 18.2 Å². The summed E-state index contributed by atoms with van der Waals surface area (Å²) in [6.45, 7) is 0.416. The maximum Gasteiger partial charge on any atom is 0.461 e. The lowest BCUT2D eigenvalue weighted by molar-refractivity contribution is -0.253. The number of carbonyl (C=O) groups excluding carboxylic acids is 1. The number of rotatable bonds is 5. The number of hydrogen-bond acceptors (Lipinski definition) is 3. The number of likely N-dealkylation sites (tertiary alicyclic amines) is 1. The third kappa shape index (κ3) is 3.63. The maximum absolute atomic E-state index is 13.3. The Morgan fingerprint density at radius 3 is 2.62 bits per heavy atom. The second-order valence-electron chi connectivity index (χ2n) is 5.87. The van der Waals surface area contributed by atoms with Crippen molar-refractivity contribution in [2.24, 2.45) is 0 Å². The Kier molecular flexibility index (Phi) is 5.11. The Labute approximate surface area is 147 Å². The van der Waals surface area contributed by atoms with Crippen molar-refractivity contribution in [3.8, 4) is 5.75 Å². The van der Waals surface area contributed by atoms with Crippen LogP contribution in [0.3, 0.4) is 0 Å². The van der Waals surface area contributed by atoms with Crippen LogP contribution in [0.15, 0.2) is 48.7 Å². The van der Waals surface area contributed by atoms with Crippen LogP contribution in [-0.4, -0.2) is 34.9 Å². The number of alkyl halides is 4. The molecule has 0 radical (unpaired) electrons. The summed E-state index contributed by atoms with van der Waals surface area (Å²) >= 11 is 0. The third-order valence-electron chi connectivity index (χ3n) is 4.16. The molecule has 1 aromatic heterocycles. The topological polar surface area (TPSA) is 42.4 Å². The van der Waals surface area contributed by atoms with E-state index in [2.05, 4.69) is 9.72 Å². The monoisotopic (exact) mass is 368 g/mol. The highest BCUT2D eigenvalue weighted by molar-refractivity contribution is 5.97. The number of carbonyl (C=O) groups is 1. The second kappa shape index (κ2) is 7.31. The Hall–Kier alpha value is -2.64. The van der Waals surface area contributed by atoms with E-state index in [1.54, 1.807) is 24.4 Å². The van der Waals surface area contributed by atoms with Crippen molar-refractivity contribution in [3.05, 3.63) is 59.9 Å². The van der Waals surface area contributed by atoms with Gasteiger partial charge < -0.3 is 9.64 Å². The molecule has 1 aliphatic heterocycles. The molecule has 0 spiro atoms. The van der Waals surface area contributed by atoms with Crippen molar-refractivity contribution in [2.45, 2.75) is 31.4 Å². The van der Waals surface area contributed by atoms with E-state index in [-0.39, 0.29) is 11.6 Å². The second-order valence-corrected chi connectivity index (χ2v) is 5.87. The highest BCUT2D eigenvalue weighted by atomic mass is 19.3. The molecule has 0 bridgehead atoms. The fraction of sp³-hybridized carbons (Fsp3) is 0.333. The van der Waals surface area contributed by atoms with Gasteiger partial charge in [-0.05, 0) is 37.1 Å². The summed E-state index contributed by atoms with van der Waals surface area (Å²) in [6.07, 6.45) is -5.67. The van der Waals surface area contributed by atoms with Crippen molar-refractivity contribution < 1.29 is 27.1 Å². The van der Waals surface area contributed by atoms with Crippen LogP contribution in [0, 0.1) is 0 Å². The van der Waals surface area contributed by atoms with Crippen LogP contribution in [0.1, 0.15) is 34.9 Å². The van der Waals surface area contributed by atoms with E-state index in [0.717, 1.165) is 12.5 Å². The molecule has 8 heteroatoms. The molecular formula is C18H16F4N2O2. The molecule has 4 nitrogen and oxygen atoms in total. The Bertz CT molecular complexity index is 771. The van der Waals surface area contributed by atoms with Crippen LogP contribution >= 0.6 is 0 Å². The number of ether oxygens (including phenoxy) is 1. The first-order chi connectivity index (χ1) is 12.4. The number of benzene rings is 1. The molecule has 2 heterocycles. The summed E-state index contributed by atoms with van der Waals surface area (Å²) < 4.78 is 55.6.